The lowest BCUT2D eigenvalue weighted by Gasteiger charge is -2.14. The average molecular weight is 385 g/mol. The van der Waals surface area contributed by atoms with E-state index >= 15 is 0 Å². The quantitative estimate of drug-likeness (QED) is 0.617. The predicted octanol–water partition coefficient (Wildman–Crippen LogP) is 4.14. The Hall–Kier alpha value is -2.87. The largest absolute Gasteiger partial charge is 0.418 e. The number of carbonyl (C=O) groups is 3. The lowest BCUT2D eigenvalue weighted by molar-refractivity contribution is -0.137. The number of anilines is 2. The number of alkyl halides is 3. The van der Waals surface area contributed by atoms with Crippen LogP contribution in [0.3, 0.4) is 0 Å². The van der Waals surface area contributed by atoms with E-state index in [1.165, 1.54) is 31.2 Å². The van der Waals surface area contributed by atoms with Crippen LogP contribution in [0.4, 0.5) is 24.5 Å². The van der Waals surface area contributed by atoms with Crippen molar-refractivity contribution in [3.63, 3.8) is 0 Å². The monoisotopic (exact) mass is 384 g/mol. The van der Waals surface area contributed by atoms with E-state index in [0.717, 1.165) is 12.1 Å². The molecule has 2 N–H and O–H groups in total. The molecule has 0 aromatic heterocycles. The van der Waals surface area contributed by atoms with Crippen molar-refractivity contribution in [1.82, 2.24) is 0 Å². The fourth-order valence-electron chi connectivity index (χ4n) is 2.04. The fraction of sp³-hybridized carbons (Fsp3) is 0.118. The number of nitrogens with one attached hydrogen (secondary N) is 2. The molecule has 9 heteroatoms. The van der Waals surface area contributed by atoms with Gasteiger partial charge in [-0.3, -0.25) is 14.4 Å². The summed E-state index contributed by atoms with van der Waals surface area (Å²) in [7, 11) is 0. The molecule has 0 aliphatic rings. The van der Waals surface area contributed by atoms with Gasteiger partial charge >= 0.3 is 18.0 Å². The van der Waals surface area contributed by atoms with Gasteiger partial charge in [0.05, 0.1) is 11.3 Å². The average Bonchev–Trinajstić information content (AvgIpc) is 2.55. The Morgan fingerprint density at radius 1 is 0.962 bits per heavy atom. The van der Waals surface area contributed by atoms with Crippen molar-refractivity contribution in [2.45, 2.75) is 13.1 Å². The van der Waals surface area contributed by atoms with Crippen LogP contribution in [0.15, 0.2) is 42.5 Å². The standard InChI is InChI=1S/C17H12ClF3N2O3/c1-9(24)10-3-2-4-12(7-10)22-15(25)16(26)23-14-6-5-11(18)8-13(14)17(19,20)21/h2-8H,1H3,(H,22,25)(H,23,26). The molecule has 2 aromatic carbocycles. The van der Waals surface area contributed by atoms with Crippen molar-refractivity contribution in [1.29, 1.82) is 0 Å². The molecule has 136 valence electrons. The summed E-state index contributed by atoms with van der Waals surface area (Å²) < 4.78 is 39.0. The number of rotatable bonds is 3. The van der Waals surface area contributed by atoms with Gasteiger partial charge in [-0.2, -0.15) is 13.2 Å². The minimum Gasteiger partial charge on any atom is -0.318 e. The SMILES string of the molecule is CC(=O)c1cccc(NC(=O)C(=O)Nc2ccc(Cl)cc2C(F)(F)F)c1. The van der Waals surface area contributed by atoms with Crippen molar-refractivity contribution in [3.8, 4) is 0 Å². The molecule has 0 aliphatic heterocycles. The number of hydrogen-bond donors (Lipinski definition) is 2. The van der Waals surface area contributed by atoms with Crippen molar-refractivity contribution >= 4 is 40.6 Å². The molecule has 0 fully saturated rings. The number of carbonyl (C=O) groups excluding carboxylic acids is 3. The maximum atomic E-state index is 13.0. The predicted molar refractivity (Wildman–Crippen MR) is 90.2 cm³/mol. The summed E-state index contributed by atoms with van der Waals surface area (Å²) in [6.45, 7) is 1.33. The van der Waals surface area contributed by atoms with Gasteiger partial charge in [-0.1, -0.05) is 23.7 Å². The molecule has 0 spiro atoms. The van der Waals surface area contributed by atoms with E-state index in [-0.39, 0.29) is 16.5 Å². The highest BCUT2D eigenvalue weighted by Crippen LogP contribution is 2.36. The highest BCUT2D eigenvalue weighted by molar-refractivity contribution is 6.43. The zero-order chi connectivity index (χ0) is 19.5. The molecule has 0 unspecified atom stereocenters. The Bertz CT molecular complexity index is 882. The van der Waals surface area contributed by atoms with Gasteiger partial charge in [0.25, 0.3) is 0 Å². The number of halogens is 4. The van der Waals surface area contributed by atoms with Gasteiger partial charge in [-0.05, 0) is 37.3 Å². The maximum absolute atomic E-state index is 13.0. The molecule has 0 aliphatic carbocycles. The molecule has 0 radical (unpaired) electrons. The first kappa shape index (κ1) is 19.5. The van der Waals surface area contributed by atoms with E-state index in [9.17, 15) is 27.6 Å². The lowest BCUT2D eigenvalue weighted by atomic mass is 10.1. The molecule has 0 atom stereocenters. The fourth-order valence-corrected chi connectivity index (χ4v) is 2.21. The Labute approximate surface area is 151 Å². The Morgan fingerprint density at radius 2 is 1.62 bits per heavy atom. The Morgan fingerprint density at radius 3 is 2.23 bits per heavy atom. The number of Topliss-reactive ketones (excluding diaryl/α,β-unsaturated/α-hetero) is 1. The smallest absolute Gasteiger partial charge is 0.318 e. The zero-order valence-electron chi connectivity index (χ0n) is 13.3. The number of hydrogen-bond acceptors (Lipinski definition) is 3. The first-order valence-electron chi connectivity index (χ1n) is 7.18. The molecule has 0 saturated heterocycles. The summed E-state index contributed by atoms with van der Waals surface area (Å²) in [5.74, 6) is -2.73. The Balaban J connectivity index is 2.17. The summed E-state index contributed by atoms with van der Waals surface area (Å²) in [6, 6.07) is 8.53. The van der Waals surface area contributed by atoms with Gasteiger partial charge in [0.15, 0.2) is 5.78 Å². The first-order chi connectivity index (χ1) is 12.1. The van der Waals surface area contributed by atoms with Crippen molar-refractivity contribution in [2.75, 3.05) is 10.6 Å². The molecule has 2 rings (SSSR count). The minimum atomic E-state index is -4.76. The summed E-state index contributed by atoms with van der Waals surface area (Å²) >= 11 is 5.55. The topological polar surface area (TPSA) is 75.3 Å². The normalized spacial score (nSPS) is 11.0. The van der Waals surface area contributed by atoms with Crippen molar-refractivity contribution < 1.29 is 27.6 Å². The summed E-state index contributed by atoms with van der Waals surface area (Å²) in [5.41, 5.74) is -1.31. The highest BCUT2D eigenvalue weighted by Gasteiger charge is 2.34. The van der Waals surface area contributed by atoms with Gasteiger partial charge < -0.3 is 10.6 Å². The van der Waals surface area contributed by atoms with Crippen LogP contribution in [0.2, 0.25) is 5.02 Å². The Kier molecular flexibility index (Phi) is 5.66. The van der Waals surface area contributed by atoms with Gasteiger partial charge in [0, 0.05) is 16.3 Å². The second-order valence-corrected chi connectivity index (χ2v) is 5.67. The highest BCUT2D eigenvalue weighted by atomic mass is 35.5. The second-order valence-electron chi connectivity index (χ2n) is 5.23. The van der Waals surface area contributed by atoms with Gasteiger partial charge in [-0.25, -0.2) is 0 Å². The third kappa shape index (κ3) is 4.82. The van der Waals surface area contributed by atoms with Gasteiger partial charge in [0.1, 0.15) is 0 Å². The van der Waals surface area contributed by atoms with Crippen LogP contribution < -0.4 is 10.6 Å². The van der Waals surface area contributed by atoms with E-state index in [0.29, 0.717) is 11.6 Å². The van der Waals surface area contributed by atoms with Crippen LogP contribution in [0.25, 0.3) is 0 Å². The van der Waals surface area contributed by atoms with E-state index in [1.54, 1.807) is 0 Å². The molecule has 0 heterocycles. The maximum Gasteiger partial charge on any atom is 0.418 e. The van der Waals surface area contributed by atoms with Crippen LogP contribution in [-0.2, 0) is 15.8 Å². The molecule has 26 heavy (non-hydrogen) atoms. The molecular formula is C17H12ClF3N2O3. The summed E-state index contributed by atoms with van der Waals surface area (Å²) in [5, 5.41) is 3.96. The molecule has 0 bridgehead atoms. The second kappa shape index (κ2) is 7.57. The van der Waals surface area contributed by atoms with Crippen LogP contribution in [-0.4, -0.2) is 17.6 Å². The van der Waals surface area contributed by atoms with E-state index < -0.39 is 29.2 Å². The van der Waals surface area contributed by atoms with Crippen LogP contribution in [0.1, 0.15) is 22.8 Å². The van der Waals surface area contributed by atoms with Crippen LogP contribution in [0, 0.1) is 0 Å². The first-order valence-corrected chi connectivity index (χ1v) is 7.56. The molecule has 2 amide bonds. The number of ketones is 1. The minimum absolute atomic E-state index is 0.157. The molecule has 2 aromatic rings. The van der Waals surface area contributed by atoms with E-state index in [2.05, 4.69) is 5.32 Å². The third-order valence-electron chi connectivity index (χ3n) is 3.27. The van der Waals surface area contributed by atoms with Gasteiger partial charge in [0.2, 0.25) is 0 Å². The van der Waals surface area contributed by atoms with Crippen LogP contribution in [0.5, 0.6) is 0 Å². The van der Waals surface area contributed by atoms with Crippen LogP contribution >= 0.6 is 11.6 Å². The van der Waals surface area contributed by atoms with Crippen molar-refractivity contribution in [2.24, 2.45) is 0 Å². The molecule has 5 nitrogen and oxygen atoms in total. The van der Waals surface area contributed by atoms with Gasteiger partial charge in [-0.15, -0.1) is 0 Å². The number of benzene rings is 2. The summed E-state index contributed by atoms with van der Waals surface area (Å²) in [4.78, 5) is 35.1. The van der Waals surface area contributed by atoms with E-state index in [4.69, 9.17) is 11.6 Å². The zero-order valence-corrected chi connectivity index (χ0v) is 14.0. The third-order valence-corrected chi connectivity index (χ3v) is 3.50. The number of amides is 2. The summed E-state index contributed by atoms with van der Waals surface area (Å²) in [6.07, 6.45) is -4.76. The lowest BCUT2D eigenvalue weighted by Crippen LogP contribution is -2.30. The van der Waals surface area contributed by atoms with E-state index in [1.807, 2.05) is 5.32 Å². The van der Waals surface area contributed by atoms with Crippen molar-refractivity contribution in [3.05, 3.63) is 58.6 Å². The molecular weight excluding hydrogens is 373 g/mol. The molecule has 0 saturated carbocycles.